The minimum absolute atomic E-state index is 0.0717. The van der Waals surface area contributed by atoms with E-state index in [-0.39, 0.29) is 19.1 Å². The van der Waals surface area contributed by atoms with Gasteiger partial charge >= 0.3 is 0 Å². The molecule has 4 N–H and O–H groups in total. The standard InChI is InChI=1S/C27H26N2O5/c30-15-17-4-3-5-18(10-17)19-12-23(26-25(13-19)33-8-9-34-26)27(32)29-21(16-31)11-20-14-28-24-7-2-1-6-22(20)24/h1-7,10,12-14,21,28,30-31H,8-9,11,15-16H2,(H,29,32)/t21-/m1/s1. The Morgan fingerprint density at radius 3 is 2.71 bits per heavy atom. The van der Waals surface area contributed by atoms with Crippen LogP contribution in [0, 0.1) is 0 Å². The molecule has 1 atom stereocenters. The number of para-hydroxylation sites is 1. The number of H-pyrrole nitrogens is 1. The molecule has 0 saturated heterocycles. The third-order valence-electron chi connectivity index (χ3n) is 6.03. The molecular formula is C27H26N2O5. The van der Waals surface area contributed by atoms with Gasteiger partial charge in [-0.05, 0) is 52.9 Å². The van der Waals surface area contributed by atoms with Crippen molar-refractivity contribution in [2.75, 3.05) is 19.8 Å². The fourth-order valence-electron chi connectivity index (χ4n) is 4.33. The van der Waals surface area contributed by atoms with Gasteiger partial charge in [0.15, 0.2) is 11.5 Å². The van der Waals surface area contributed by atoms with Crippen LogP contribution in [0.2, 0.25) is 0 Å². The maximum absolute atomic E-state index is 13.4. The van der Waals surface area contributed by atoms with Crippen molar-refractivity contribution in [3.05, 3.63) is 83.6 Å². The minimum Gasteiger partial charge on any atom is -0.486 e. The number of benzene rings is 3. The molecule has 1 aliphatic rings. The Bertz CT molecular complexity index is 1330. The van der Waals surface area contributed by atoms with Crippen molar-refractivity contribution < 1.29 is 24.5 Å². The summed E-state index contributed by atoms with van der Waals surface area (Å²) in [7, 11) is 0. The van der Waals surface area contributed by atoms with Gasteiger partial charge in [-0.3, -0.25) is 4.79 Å². The van der Waals surface area contributed by atoms with Gasteiger partial charge in [0.05, 0.1) is 24.8 Å². The normalized spacial score (nSPS) is 13.6. The summed E-state index contributed by atoms with van der Waals surface area (Å²) in [6, 6.07) is 18.6. The van der Waals surface area contributed by atoms with Gasteiger partial charge in [-0.1, -0.05) is 36.4 Å². The molecule has 3 aromatic carbocycles. The van der Waals surface area contributed by atoms with E-state index in [9.17, 15) is 15.0 Å². The van der Waals surface area contributed by atoms with Gasteiger partial charge in [-0.15, -0.1) is 0 Å². The number of aliphatic hydroxyl groups is 2. The highest BCUT2D eigenvalue weighted by atomic mass is 16.6. The van der Waals surface area contributed by atoms with E-state index >= 15 is 0 Å². The lowest BCUT2D eigenvalue weighted by atomic mass is 9.99. The van der Waals surface area contributed by atoms with Crippen LogP contribution in [0.4, 0.5) is 0 Å². The second-order valence-corrected chi connectivity index (χ2v) is 8.32. The molecule has 0 spiro atoms. The number of aromatic nitrogens is 1. The molecular weight excluding hydrogens is 432 g/mol. The highest BCUT2D eigenvalue weighted by Crippen LogP contribution is 2.38. The summed E-state index contributed by atoms with van der Waals surface area (Å²) in [4.78, 5) is 16.6. The van der Waals surface area contributed by atoms with Crippen molar-refractivity contribution >= 4 is 16.8 Å². The van der Waals surface area contributed by atoms with Crippen molar-refractivity contribution in [2.45, 2.75) is 19.1 Å². The summed E-state index contributed by atoms with van der Waals surface area (Å²) >= 11 is 0. The second kappa shape index (κ2) is 9.59. The zero-order valence-corrected chi connectivity index (χ0v) is 18.6. The van der Waals surface area contributed by atoms with Crippen LogP contribution in [0.15, 0.2) is 66.9 Å². The number of carbonyl (C=O) groups is 1. The fraction of sp³-hybridized carbons (Fsp3) is 0.222. The minimum atomic E-state index is -0.478. The Hall–Kier alpha value is -3.81. The number of aliphatic hydroxyl groups excluding tert-OH is 2. The predicted octanol–water partition coefficient (Wildman–Crippen LogP) is 3.43. The molecule has 0 fully saturated rings. The SMILES string of the molecule is O=C(N[C@@H](CO)Cc1c[nH]c2ccccc12)c1cc(-c2cccc(CO)c2)cc2c1OCCO2. The van der Waals surface area contributed by atoms with Crippen LogP contribution in [0.1, 0.15) is 21.5 Å². The smallest absolute Gasteiger partial charge is 0.255 e. The summed E-state index contributed by atoms with van der Waals surface area (Å²) < 4.78 is 11.6. The van der Waals surface area contributed by atoms with Gasteiger partial charge in [-0.25, -0.2) is 0 Å². The average Bonchev–Trinajstić information content (AvgIpc) is 3.30. The van der Waals surface area contributed by atoms with Crippen molar-refractivity contribution in [1.82, 2.24) is 10.3 Å². The van der Waals surface area contributed by atoms with E-state index in [1.54, 1.807) is 6.07 Å². The number of hydrogen-bond donors (Lipinski definition) is 4. The molecule has 1 aromatic heterocycles. The largest absolute Gasteiger partial charge is 0.486 e. The molecule has 1 amide bonds. The van der Waals surface area contributed by atoms with Crippen LogP contribution >= 0.6 is 0 Å². The van der Waals surface area contributed by atoms with E-state index < -0.39 is 6.04 Å². The quantitative estimate of drug-likeness (QED) is 0.340. The van der Waals surface area contributed by atoms with Gasteiger partial charge in [0.2, 0.25) is 0 Å². The van der Waals surface area contributed by atoms with Gasteiger partial charge in [0.25, 0.3) is 5.91 Å². The first-order valence-corrected chi connectivity index (χ1v) is 11.3. The zero-order valence-electron chi connectivity index (χ0n) is 18.6. The van der Waals surface area contributed by atoms with Crippen molar-refractivity contribution in [1.29, 1.82) is 0 Å². The third kappa shape index (κ3) is 4.35. The van der Waals surface area contributed by atoms with Crippen molar-refractivity contribution in [2.24, 2.45) is 0 Å². The molecule has 5 rings (SSSR count). The van der Waals surface area contributed by atoms with E-state index in [0.29, 0.717) is 36.7 Å². The first-order chi connectivity index (χ1) is 16.7. The van der Waals surface area contributed by atoms with E-state index in [1.807, 2.05) is 60.8 Å². The first-order valence-electron chi connectivity index (χ1n) is 11.3. The lowest BCUT2D eigenvalue weighted by Crippen LogP contribution is -2.39. The summed E-state index contributed by atoms with van der Waals surface area (Å²) in [6.45, 7) is 0.472. The van der Waals surface area contributed by atoms with Gasteiger partial charge in [0, 0.05) is 17.1 Å². The van der Waals surface area contributed by atoms with Gasteiger partial charge < -0.3 is 30.0 Å². The Balaban J connectivity index is 1.44. The molecule has 0 aliphatic carbocycles. The summed E-state index contributed by atoms with van der Waals surface area (Å²) in [6.07, 6.45) is 2.39. The molecule has 4 aromatic rings. The molecule has 2 heterocycles. The van der Waals surface area contributed by atoms with Crippen LogP contribution in [-0.2, 0) is 13.0 Å². The Morgan fingerprint density at radius 2 is 1.85 bits per heavy atom. The van der Waals surface area contributed by atoms with Crippen LogP contribution in [0.25, 0.3) is 22.0 Å². The van der Waals surface area contributed by atoms with Crippen molar-refractivity contribution in [3.8, 4) is 22.6 Å². The van der Waals surface area contributed by atoms with Crippen LogP contribution in [-0.4, -0.2) is 47.0 Å². The van der Waals surface area contributed by atoms with Crippen molar-refractivity contribution in [3.63, 3.8) is 0 Å². The van der Waals surface area contributed by atoms with E-state index in [4.69, 9.17) is 9.47 Å². The highest BCUT2D eigenvalue weighted by Gasteiger charge is 2.25. The second-order valence-electron chi connectivity index (χ2n) is 8.32. The lowest BCUT2D eigenvalue weighted by molar-refractivity contribution is 0.0906. The van der Waals surface area contributed by atoms with E-state index in [1.165, 1.54) is 0 Å². The molecule has 34 heavy (non-hydrogen) atoms. The molecule has 7 heteroatoms. The van der Waals surface area contributed by atoms with E-state index in [2.05, 4.69) is 10.3 Å². The third-order valence-corrected chi connectivity index (χ3v) is 6.03. The molecule has 0 saturated carbocycles. The molecule has 7 nitrogen and oxygen atoms in total. The van der Waals surface area contributed by atoms with Crippen LogP contribution in [0.5, 0.6) is 11.5 Å². The molecule has 174 valence electrons. The lowest BCUT2D eigenvalue weighted by Gasteiger charge is -2.23. The first kappa shape index (κ1) is 22.0. The van der Waals surface area contributed by atoms with Gasteiger partial charge in [-0.2, -0.15) is 0 Å². The average molecular weight is 459 g/mol. The predicted molar refractivity (Wildman–Crippen MR) is 129 cm³/mol. The molecule has 0 radical (unpaired) electrons. The van der Waals surface area contributed by atoms with Crippen LogP contribution in [0.3, 0.4) is 0 Å². The Kier molecular flexibility index (Phi) is 6.20. The summed E-state index contributed by atoms with van der Waals surface area (Å²) in [5, 5.41) is 23.5. The molecule has 1 aliphatic heterocycles. The maximum Gasteiger partial charge on any atom is 0.255 e. The topological polar surface area (TPSA) is 104 Å². The number of fused-ring (bicyclic) bond motifs is 2. The number of rotatable bonds is 7. The zero-order chi connectivity index (χ0) is 23.5. The maximum atomic E-state index is 13.4. The number of ether oxygens (including phenoxy) is 2. The number of aromatic amines is 1. The number of hydrogen-bond acceptors (Lipinski definition) is 5. The summed E-state index contributed by atoms with van der Waals surface area (Å²) in [5.41, 5.74) is 4.79. The number of amides is 1. The van der Waals surface area contributed by atoms with Gasteiger partial charge in [0.1, 0.15) is 13.2 Å². The Labute approximate surface area is 197 Å². The number of carbonyl (C=O) groups excluding carboxylic acids is 1. The van der Waals surface area contributed by atoms with Crippen LogP contribution < -0.4 is 14.8 Å². The molecule has 0 unspecified atom stereocenters. The number of nitrogens with one attached hydrogen (secondary N) is 2. The highest BCUT2D eigenvalue weighted by molar-refractivity contribution is 5.99. The molecule has 0 bridgehead atoms. The monoisotopic (exact) mass is 458 g/mol. The summed E-state index contributed by atoms with van der Waals surface area (Å²) in [5.74, 6) is 0.552. The van der Waals surface area contributed by atoms with E-state index in [0.717, 1.165) is 33.2 Å². The fourth-order valence-corrected chi connectivity index (χ4v) is 4.33. The Morgan fingerprint density at radius 1 is 1.00 bits per heavy atom.